The van der Waals surface area contributed by atoms with E-state index >= 15 is 0 Å². The lowest BCUT2D eigenvalue weighted by molar-refractivity contribution is -0.115. The number of anilines is 2. The first kappa shape index (κ1) is 23.0. The summed E-state index contributed by atoms with van der Waals surface area (Å²) in [7, 11) is 0. The predicted molar refractivity (Wildman–Crippen MR) is 128 cm³/mol. The van der Waals surface area contributed by atoms with Crippen LogP contribution in [0.25, 0.3) is 0 Å². The molecule has 1 heterocycles. The highest BCUT2D eigenvalue weighted by Crippen LogP contribution is 2.30. The Labute approximate surface area is 200 Å². The molecule has 0 aliphatic carbocycles. The minimum Gasteiger partial charge on any atom is -0.494 e. The molecule has 8 nitrogen and oxygen atoms in total. The van der Waals surface area contributed by atoms with Gasteiger partial charge in [0.1, 0.15) is 5.75 Å². The maximum absolute atomic E-state index is 13.0. The molecule has 1 aliphatic rings. The molecule has 2 N–H and O–H groups in total. The molecule has 0 saturated heterocycles. The van der Waals surface area contributed by atoms with Crippen LogP contribution in [0.2, 0.25) is 5.02 Å². The fourth-order valence-electron chi connectivity index (χ4n) is 3.48. The number of nitrogens with one attached hydrogen (secondary N) is 2. The van der Waals surface area contributed by atoms with Crippen molar-refractivity contribution in [1.82, 2.24) is 5.32 Å². The number of carbonyl (C=O) groups excluding carboxylic acids is 4. The molecule has 0 unspecified atom stereocenters. The Balaban J connectivity index is 1.43. The molecule has 0 bridgehead atoms. The predicted octanol–water partition coefficient (Wildman–Crippen LogP) is 3.91. The Kier molecular flexibility index (Phi) is 6.60. The van der Waals surface area contributed by atoms with E-state index in [2.05, 4.69) is 10.6 Å². The molecule has 0 saturated carbocycles. The molecule has 3 aromatic rings. The standard InChI is InChI=1S/C25H20ClN3O5/c1-2-34-19-10-8-18(9-11-19)29-24(32)20-12-3-15(13-21(20)25(29)33)23(31)27-14-22(30)28-17-6-4-16(26)5-7-17/h3-13H,2,14H2,1H3,(H,27,31)(H,28,30). The van der Waals surface area contributed by atoms with Gasteiger partial charge < -0.3 is 15.4 Å². The molecule has 0 radical (unpaired) electrons. The van der Waals surface area contributed by atoms with E-state index in [-0.39, 0.29) is 23.2 Å². The van der Waals surface area contributed by atoms with E-state index in [4.69, 9.17) is 16.3 Å². The second-order valence-electron chi connectivity index (χ2n) is 7.37. The van der Waals surface area contributed by atoms with Gasteiger partial charge in [-0.25, -0.2) is 4.90 Å². The molecule has 34 heavy (non-hydrogen) atoms. The Bertz CT molecular complexity index is 1270. The quantitative estimate of drug-likeness (QED) is 0.502. The van der Waals surface area contributed by atoms with Crippen molar-refractivity contribution in [1.29, 1.82) is 0 Å². The number of nitrogens with zero attached hydrogens (tertiary/aromatic N) is 1. The SMILES string of the molecule is CCOc1ccc(N2C(=O)c3ccc(C(=O)NCC(=O)Nc4ccc(Cl)cc4)cc3C2=O)cc1. The van der Waals surface area contributed by atoms with Crippen LogP contribution in [0.5, 0.6) is 5.75 Å². The lowest BCUT2D eigenvalue weighted by atomic mass is 10.1. The number of amides is 4. The van der Waals surface area contributed by atoms with Gasteiger partial charge in [-0.3, -0.25) is 19.2 Å². The summed E-state index contributed by atoms with van der Waals surface area (Å²) in [6.07, 6.45) is 0. The third kappa shape index (κ3) is 4.77. The Morgan fingerprint density at radius 3 is 2.26 bits per heavy atom. The van der Waals surface area contributed by atoms with Crippen molar-refractivity contribution >= 4 is 46.6 Å². The van der Waals surface area contributed by atoms with Gasteiger partial charge in [0.15, 0.2) is 0 Å². The molecule has 3 aromatic carbocycles. The Morgan fingerprint density at radius 2 is 1.59 bits per heavy atom. The molecule has 0 spiro atoms. The fraction of sp³-hybridized carbons (Fsp3) is 0.120. The number of ether oxygens (including phenoxy) is 1. The summed E-state index contributed by atoms with van der Waals surface area (Å²) in [4.78, 5) is 51.5. The molecule has 172 valence electrons. The van der Waals surface area contributed by atoms with E-state index in [0.717, 1.165) is 4.90 Å². The van der Waals surface area contributed by atoms with Gasteiger partial charge in [0.2, 0.25) is 5.91 Å². The molecule has 0 atom stereocenters. The molecule has 0 fully saturated rings. The van der Waals surface area contributed by atoms with Crippen LogP contribution in [0.1, 0.15) is 38.0 Å². The van der Waals surface area contributed by atoms with Crippen molar-refractivity contribution < 1.29 is 23.9 Å². The van der Waals surface area contributed by atoms with Crippen LogP contribution in [-0.2, 0) is 4.79 Å². The van der Waals surface area contributed by atoms with Gasteiger partial charge in [0.25, 0.3) is 17.7 Å². The first-order valence-corrected chi connectivity index (χ1v) is 10.8. The van der Waals surface area contributed by atoms with Gasteiger partial charge in [-0.15, -0.1) is 0 Å². The van der Waals surface area contributed by atoms with E-state index in [1.807, 2.05) is 6.92 Å². The van der Waals surface area contributed by atoms with Gasteiger partial charge in [-0.1, -0.05) is 11.6 Å². The Hall–Kier alpha value is -4.17. The minimum atomic E-state index is -0.547. The number of halogens is 1. The normalized spacial score (nSPS) is 12.4. The van der Waals surface area contributed by atoms with Crippen LogP contribution in [-0.4, -0.2) is 36.8 Å². The minimum absolute atomic E-state index is 0.122. The van der Waals surface area contributed by atoms with Crippen molar-refractivity contribution in [2.45, 2.75) is 6.92 Å². The summed E-state index contributed by atoms with van der Waals surface area (Å²) >= 11 is 5.82. The zero-order valence-corrected chi connectivity index (χ0v) is 18.9. The molecule has 4 rings (SSSR count). The van der Waals surface area contributed by atoms with Crippen LogP contribution in [0.3, 0.4) is 0 Å². The molecule has 9 heteroatoms. The van der Waals surface area contributed by atoms with E-state index in [1.165, 1.54) is 18.2 Å². The monoisotopic (exact) mass is 477 g/mol. The topological polar surface area (TPSA) is 105 Å². The summed E-state index contributed by atoms with van der Waals surface area (Å²) in [5.74, 6) is -1.35. The van der Waals surface area contributed by atoms with Crippen molar-refractivity contribution in [3.05, 3.63) is 88.4 Å². The van der Waals surface area contributed by atoms with Crippen LogP contribution in [0.4, 0.5) is 11.4 Å². The molecular formula is C25H20ClN3O5. The van der Waals surface area contributed by atoms with E-state index < -0.39 is 23.6 Å². The molecule has 0 aromatic heterocycles. The van der Waals surface area contributed by atoms with Crippen molar-refractivity contribution in [2.24, 2.45) is 0 Å². The number of imide groups is 1. The van der Waals surface area contributed by atoms with Crippen LogP contribution >= 0.6 is 11.6 Å². The highest BCUT2D eigenvalue weighted by atomic mass is 35.5. The van der Waals surface area contributed by atoms with Crippen molar-refractivity contribution in [3.8, 4) is 5.75 Å². The largest absolute Gasteiger partial charge is 0.494 e. The second-order valence-corrected chi connectivity index (χ2v) is 7.81. The summed E-state index contributed by atoms with van der Waals surface area (Å²) in [5.41, 5.74) is 1.43. The fourth-order valence-corrected chi connectivity index (χ4v) is 3.60. The first-order chi connectivity index (χ1) is 16.4. The maximum atomic E-state index is 13.0. The number of hydrogen-bond donors (Lipinski definition) is 2. The van der Waals surface area contributed by atoms with Gasteiger partial charge in [0.05, 0.1) is 30.0 Å². The maximum Gasteiger partial charge on any atom is 0.266 e. The molecular weight excluding hydrogens is 458 g/mol. The molecule has 4 amide bonds. The van der Waals surface area contributed by atoms with E-state index in [0.29, 0.717) is 28.8 Å². The third-order valence-corrected chi connectivity index (χ3v) is 5.34. The number of rotatable bonds is 7. The summed E-state index contributed by atoms with van der Waals surface area (Å²) in [6.45, 7) is 2.08. The number of hydrogen-bond acceptors (Lipinski definition) is 5. The Morgan fingerprint density at radius 1 is 0.912 bits per heavy atom. The van der Waals surface area contributed by atoms with Gasteiger partial charge in [-0.2, -0.15) is 0 Å². The number of fused-ring (bicyclic) bond motifs is 1. The third-order valence-electron chi connectivity index (χ3n) is 5.09. The zero-order chi connectivity index (χ0) is 24.2. The van der Waals surface area contributed by atoms with Gasteiger partial charge >= 0.3 is 0 Å². The van der Waals surface area contributed by atoms with Gasteiger partial charge in [-0.05, 0) is 73.7 Å². The average Bonchev–Trinajstić information content (AvgIpc) is 3.09. The summed E-state index contributed by atoms with van der Waals surface area (Å²) in [5, 5.41) is 5.69. The molecule has 1 aliphatic heterocycles. The summed E-state index contributed by atoms with van der Waals surface area (Å²) < 4.78 is 5.39. The lowest BCUT2D eigenvalue weighted by Crippen LogP contribution is -2.33. The number of benzene rings is 3. The van der Waals surface area contributed by atoms with Crippen LogP contribution in [0.15, 0.2) is 66.7 Å². The second kappa shape index (κ2) is 9.76. The summed E-state index contributed by atoms with van der Waals surface area (Å²) in [6, 6.07) is 17.4. The lowest BCUT2D eigenvalue weighted by Gasteiger charge is -2.14. The van der Waals surface area contributed by atoms with Crippen molar-refractivity contribution in [2.75, 3.05) is 23.4 Å². The van der Waals surface area contributed by atoms with Crippen LogP contribution in [0, 0.1) is 0 Å². The van der Waals surface area contributed by atoms with Crippen LogP contribution < -0.4 is 20.3 Å². The smallest absolute Gasteiger partial charge is 0.266 e. The highest BCUT2D eigenvalue weighted by molar-refractivity contribution is 6.34. The first-order valence-electron chi connectivity index (χ1n) is 10.5. The zero-order valence-electron chi connectivity index (χ0n) is 18.1. The average molecular weight is 478 g/mol. The van der Waals surface area contributed by atoms with Gasteiger partial charge in [0, 0.05) is 16.3 Å². The highest BCUT2D eigenvalue weighted by Gasteiger charge is 2.37. The van der Waals surface area contributed by atoms with E-state index in [9.17, 15) is 19.2 Å². The van der Waals surface area contributed by atoms with E-state index in [1.54, 1.807) is 48.5 Å². The van der Waals surface area contributed by atoms with Crippen molar-refractivity contribution in [3.63, 3.8) is 0 Å². The number of carbonyl (C=O) groups is 4.